The van der Waals surface area contributed by atoms with Gasteiger partial charge in [-0.1, -0.05) is 0 Å². The van der Waals surface area contributed by atoms with Gasteiger partial charge in [0, 0.05) is 12.7 Å². The van der Waals surface area contributed by atoms with E-state index < -0.39 is 0 Å². The van der Waals surface area contributed by atoms with Gasteiger partial charge in [0.1, 0.15) is 11.5 Å². The van der Waals surface area contributed by atoms with Crippen LogP contribution in [0.5, 0.6) is 0 Å². The highest BCUT2D eigenvalue weighted by molar-refractivity contribution is 5.79. The molecule has 0 radical (unpaired) electrons. The fourth-order valence-electron chi connectivity index (χ4n) is 1.69. The number of aromatic nitrogens is 3. The Balaban J connectivity index is 2.89. The molecule has 4 heteroatoms. The molecule has 0 fully saturated rings. The molecule has 0 aliphatic carbocycles. The first-order valence-electron chi connectivity index (χ1n) is 4.63. The van der Waals surface area contributed by atoms with Gasteiger partial charge in [-0.05, 0) is 20.8 Å². The molecule has 2 rings (SSSR count). The van der Waals surface area contributed by atoms with Crippen molar-refractivity contribution in [2.45, 2.75) is 27.3 Å². The highest BCUT2D eigenvalue weighted by atomic mass is 19.1. The molecule has 0 saturated carbocycles. The Labute approximate surface area is 81.6 Å². The Morgan fingerprint density at radius 3 is 2.71 bits per heavy atom. The van der Waals surface area contributed by atoms with Gasteiger partial charge in [-0.25, -0.2) is 14.4 Å². The molecule has 0 aliphatic heterocycles. The van der Waals surface area contributed by atoms with Crippen LogP contribution in [0.15, 0.2) is 6.20 Å². The van der Waals surface area contributed by atoms with Crippen LogP contribution in [-0.2, 0) is 6.54 Å². The van der Waals surface area contributed by atoms with Gasteiger partial charge in [0.2, 0.25) is 0 Å². The topological polar surface area (TPSA) is 30.7 Å². The molecule has 0 saturated heterocycles. The lowest BCUT2D eigenvalue weighted by atomic mass is 10.3. The second-order valence-corrected chi connectivity index (χ2v) is 3.32. The number of aryl methyl sites for hydroxylation is 3. The number of nitrogens with zero attached hydrogens (tertiary/aromatic N) is 3. The summed E-state index contributed by atoms with van der Waals surface area (Å²) in [4.78, 5) is 8.39. The average Bonchev–Trinajstić information content (AvgIpc) is 2.42. The summed E-state index contributed by atoms with van der Waals surface area (Å²) in [7, 11) is 0. The fourth-order valence-corrected chi connectivity index (χ4v) is 1.69. The predicted octanol–water partition coefficient (Wildman–Crippen LogP) is 2.21. The summed E-state index contributed by atoms with van der Waals surface area (Å²) in [5.74, 6) is 0.446. The van der Waals surface area contributed by atoms with Gasteiger partial charge in [-0.2, -0.15) is 0 Å². The van der Waals surface area contributed by atoms with Gasteiger partial charge in [0.25, 0.3) is 0 Å². The minimum Gasteiger partial charge on any atom is -0.330 e. The Hall–Kier alpha value is -1.45. The zero-order valence-corrected chi connectivity index (χ0v) is 8.50. The summed E-state index contributed by atoms with van der Waals surface area (Å²) < 4.78 is 15.3. The van der Waals surface area contributed by atoms with E-state index in [0.717, 1.165) is 6.54 Å². The van der Waals surface area contributed by atoms with Gasteiger partial charge < -0.3 is 4.57 Å². The van der Waals surface area contributed by atoms with Crippen molar-refractivity contribution in [1.82, 2.24) is 14.5 Å². The molecule has 3 nitrogen and oxygen atoms in total. The van der Waals surface area contributed by atoms with Gasteiger partial charge in [0.05, 0.1) is 11.1 Å². The minimum atomic E-state index is -0.237. The van der Waals surface area contributed by atoms with Crippen LogP contribution in [0, 0.1) is 19.7 Å². The summed E-state index contributed by atoms with van der Waals surface area (Å²) in [6.45, 7) is 6.30. The maximum Gasteiger partial charge on any atom is 0.152 e. The molecule has 0 N–H and O–H groups in total. The molecule has 0 spiro atoms. The third kappa shape index (κ3) is 1.18. The summed E-state index contributed by atoms with van der Waals surface area (Å²) in [6, 6.07) is 0. The van der Waals surface area contributed by atoms with Crippen LogP contribution in [0.25, 0.3) is 11.0 Å². The second-order valence-electron chi connectivity index (χ2n) is 3.32. The number of hydrogen-bond acceptors (Lipinski definition) is 2. The SMILES string of the molecule is CCn1cc(F)c2c(C)nc(C)nc21. The van der Waals surface area contributed by atoms with Gasteiger partial charge in [-0.3, -0.25) is 0 Å². The van der Waals surface area contributed by atoms with Crippen LogP contribution < -0.4 is 0 Å². The van der Waals surface area contributed by atoms with E-state index in [4.69, 9.17) is 0 Å². The molecule has 0 amide bonds. The summed E-state index contributed by atoms with van der Waals surface area (Å²) in [5, 5.41) is 0.539. The molecule has 14 heavy (non-hydrogen) atoms. The first-order valence-corrected chi connectivity index (χ1v) is 4.63. The summed E-state index contributed by atoms with van der Waals surface area (Å²) in [5.41, 5.74) is 1.40. The van der Waals surface area contributed by atoms with Crippen LogP contribution in [0.2, 0.25) is 0 Å². The zero-order valence-electron chi connectivity index (χ0n) is 8.50. The molecule has 0 unspecified atom stereocenters. The van der Waals surface area contributed by atoms with Crippen molar-refractivity contribution in [3.8, 4) is 0 Å². The van der Waals surface area contributed by atoms with Crippen molar-refractivity contribution in [1.29, 1.82) is 0 Å². The molecule has 0 aromatic carbocycles. The van der Waals surface area contributed by atoms with Gasteiger partial charge >= 0.3 is 0 Å². The van der Waals surface area contributed by atoms with E-state index in [1.54, 1.807) is 11.5 Å². The van der Waals surface area contributed by atoms with E-state index in [0.29, 0.717) is 22.6 Å². The standard InChI is InChI=1S/C10H12FN3/c1-4-14-5-8(11)9-6(2)12-7(3)13-10(9)14/h5H,4H2,1-3H3. The van der Waals surface area contributed by atoms with Crippen molar-refractivity contribution in [2.24, 2.45) is 0 Å². The lowest BCUT2D eigenvalue weighted by molar-refractivity contribution is 0.626. The van der Waals surface area contributed by atoms with E-state index in [9.17, 15) is 4.39 Å². The quantitative estimate of drug-likeness (QED) is 0.695. The van der Waals surface area contributed by atoms with E-state index >= 15 is 0 Å². The van der Waals surface area contributed by atoms with Gasteiger partial charge in [-0.15, -0.1) is 0 Å². The third-order valence-corrected chi connectivity index (χ3v) is 2.30. The normalized spacial score (nSPS) is 11.1. The largest absolute Gasteiger partial charge is 0.330 e. The highest BCUT2D eigenvalue weighted by Gasteiger charge is 2.12. The van der Waals surface area contributed by atoms with Crippen molar-refractivity contribution >= 4 is 11.0 Å². The zero-order chi connectivity index (χ0) is 10.3. The van der Waals surface area contributed by atoms with E-state index in [2.05, 4.69) is 9.97 Å². The first kappa shape index (κ1) is 9.12. The summed E-state index contributed by atoms with van der Waals surface area (Å²) in [6.07, 6.45) is 1.48. The van der Waals surface area contributed by atoms with Crippen molar-refractivity contribution in [3.05, 3.63) is 23.5 Å². The van der Waals surface area contributed by atoms with Crippen LogP contribution >= 0.6 is 0 Å². The predicted molar refractivity (Wildman–Crippen MR) is 52.6 cm³/mol. The number of rotatable bonds is 1. The first-order chi connectivity index (χ1) is 6.63. The summed E-state index contributed by atoms with van der Waals surface area (Å²) >= 11 is 0. The molecule has 2 aromatic rings. The molecule has 0 aliphatic rings. The third-order valence-electron chi connectivity index (χ3n) is 2.30. The van der Waals surface area contributed by atoms with Crippen LogP contribution in [0.1, 0.15) is 18.4 Å². The average molecular weight is 193 g/mol. The molecule has 74 valence electrons. The van der Waals surface area contributed by atoms with E-state index in [-0.39, 0.29) is 5.82 Å². The van der Waals surface area contributed by atoms with Crippen LogP contribution in [0.4, 0.5) is 4.39 Å². The molecule has 2 heterocycles. The fraction of sp³-hybridized carbons (Fsp3) is 0.400. The molecule has 0 bridgehead atoms. The lowest BCUT2D eigenvalue weighted by Crippen LogP contribution is -1.97. The van der Waals surface area contributed by atoms with Gasteiger partial charge in [0.15, 0.2) is 5.82 Å². The van der Waals surface area contributed by atoms with Crippen LogP contribution in [-0.4, -0.2) is 14.5 Å². The molecular weight excluding hydrogens is 181 g/mol. The Morgan fingerprint density at radius 1 is 1.36 bits per heavy atom. The molecule has 0 atom stereocenters. The number of fused-ring (bicyclic) bond motifs is 1. The second kappa shape index (κ2) is 3.04. The Kier molecular flexibility index (Phi) is 1.98. The highest BCUT2D eigenvalue weighted by Crippen LogP contribution is 2.20. The van der Waals surface area contributed by atoms with Crippen LogP contribution in [0.3, 0.4) is 0 Å². The minimum absolute atomic E-state index is 0.237. The van der Waals surface area contributed by atoms with E-state index in [1.165, 1.54) is 6.20 Å². The Bertz CT molecular complexity index is 488. The molecule has 2 aromatic heterocycles. The smallest absolute Gasteiger partial charge is 0.152 e. The maximum atomic E-state index is 13.5. The Morgan fingerprint density at radius 2 is 2.07 bits per heavy atom. The van der Waals surface area contributed by atoms with E-state index in [1.807, 2.05) is 13.8 Å². The number of hydrogen-bond donors (Lipinski definition) is 0. The monoisotopic (exact) mass is 193 g/mol. The maximum absolute atomic E-state index is 13.5. The molecular formula is C10H12FN3. The lowest BCUT2D eigenvalue weighted by Gasteiger charge is -2.01. The number of halogens is 1. The van der Waals surface area contributed by atoms with Crippen molar-refractivity contribution < 1.29 is 4.39 Å². The van der Waals surface area contributed by atoms with Crippen molar-refractivity contribution in [3.63, 3.8) is 0 Å². The van der Waals surface area contributed by atoms with Crippen molar-refractivity contribution in [2.75, 3.05) is 0 Å².